The number of hydrogen-bond donors (Lipinski definition) is 0. The Balaban J connectivity index is 3.09. The van der Waals surface area contributed by atoms with Crippen molar-refractivity contribution in [3.05, 3.63) is 11.8 Å². The van der Waals surface area contributed by atoms with Crippen LogP contribution < -0.4 is 0 Å². The minimum atomic E-state index is -1.92. The fourth-order valence-electron chi connectivity index (χ4n) is 4.13. The second-order valence-corrected chi connectivity index (χ2v) is 14.0. The normalized spacial score (nSPS) is 20.5. The van der Waals surface area contributed by atoms with Crippen molar-refractivity contribution < 1.29 is 9.22 Å². The zero-order valence-corrected chi connectivity index (χ0v) is 18.7. The summed E-state index contributed by atoms with van der Waals surface area (Å²) in [5.41, 5.74) is 2.87. The van der Waals surface area contributed by atoms with Gasteiger partial charge in [-0.2, -0.15) is 0 Å². The lowest BCUT2D eigenvalue weighted by Crippen LogP contribution is -2.46. The number of carbonyl (C=O) groups excluding carboxylic acids is 1. The van der Waals surface area contributed by atoms with Crippen LogP contribution in [0.4, 0.5) is 0 Å². The van der Waals surface area contributed by atoms with Crippen LogP contribution in [0.1, 0.15) is 67.2 Å². The van der Waals surface area contributed by atoms with Gasteiger partial charge in [-0.1, -0.05) is 63.4 Å². The highest BCUT2D eigenvalue weighted by molar-refractivity contribution is 9.09. The molecule has 0 spiro atoms. The molecule has 0 aromatic rings. The first-order valence-electron chi connectivity index (χ1n) is 9.20. The van der Waals surface area contributed by atoms with Crippen LogP contribution in [0.15, 0.2) is 11.8 Å². The summed E-state index contributed by atoms with van der Waals surface area (Å²) in [7, 11) is -1.92. The van der Waals surface area contributed by atoms with Gasteiger partial charge in [0.25, 0.3) is 8.32 Å². The molecule has 24 heavy (non-hydrogen) atoms. The number of Topliss-reactive ketones (excluding diaryl/α,β-unsaturated/α-hetero) is 1. The minimum absolute atomic E-state index is 0.0676. The predicted molar refractivity (Wildman–Crippen MR) is 109 cm³/mol. The van der Waals surface area contributed by atoms with Gasteiger partial charge in [0.05, 0.1) is 6.26 Å². The first kappa shape index (κ1) is 21.5. The van der Waals surface area contributed by atoms with Crippen molar-refractivity contribution in [2.24, 2.45) is 5.92 Å². The molecular weight excluding hydrogens is 380 g/mol. The molecule has 4 heteroatoms. The largest absolute Gasteiger partial charge is 0.548 e. The van der Waals surface area contributed by atoms with Gasteiger partial charge in [0.2, 0.25) is 5.78 Å². The summed E-state index contributed by atoms with van der Waals surface area (Å²) in [6.07, 6.45) is 5.29. The first-order chi connectivity index (χ1) is 11.3. The monoisotopic (exact) mass is 412 g/mol. The molecule has 0 aromatic heterocycles. The van der Waals surface area contributed by atoms with Gasteiger partial charge in [-0.05, 0) is 46.9 Å². The molecule has 0 heterocycles. The van der Waals surface area contributed by atoms with Gasteiger partial charge in [0.1, 0.15) is 0 Å². The Labute approximate surface area is 158 Å². The first-order valence-corrected chi connectivity index (χ1v) is 12.5. The van der Waals surface area contributed by atoms with Crippen LogP contribution in [0.5, 0.6) is 0 Å². The number of allylic oxidation sites excluding steroid dienone is 1. The number of alkyl halides is 1. The van der Waals surface area contributed by atoms with E-state index in [9.17, 15) is 4.79 Å². The number of halogens is 1. The quantitative estimate of drug-likeness (QED) is 0.155. The van der Waals surface area contributed by atoms with E-state index >= 15 is 0 Å². The Kier molecular flexibility index (Phi) is 8.80. The van der Waals surface area contributed by atoms with Gasteiger partial charge < -0.3 is 4.43 Å². The van der Waals surface area contributed by atoms with Crippen LogP contribution in [-0.4, -0.2) is 19.4 Å². The Morgan fingerprint density at radius 3 is 2.29 bits per heavy atom. The van der Waals surface area contributed by atoms with E-state index in [1.807, 2.05) is 6.26 Å². The third kappa shape index (κ3) is 5.23. The molecule has 0 aromatic carbocycles. The highest BCUT2D eigenvalue weighted by atomic mass is 79.9. The fourth-order valence-corrected chi connectivity index (χ4v) is 9.63. The number of ketones is 1. The molecule has 0 N–H and O–H groups in total. The Morgan fingerprint density at radius 1 is 1.21 bits per heavy atom. The summed E-state index contributed by atoms with van der Waals surface area (Å²) in [6, 6.07) is 0. The Morgan fingerprint density at radius 2 is 1.79 bits per heavy atom. The number of rotatable bonds is 8. The van der Waals surface area contributed by atoms with Crippen molar-refractivity contribution in [3.8, 4) is 11.8 Å². The predicted octanol–water partition coefficient (Wildman–Crippen LogP) is 6.22. The maximum absolute atomic E-state index is 11.9. The average Bonchev–Trinajstić information content (AvgIpc) is 2.66. The molecule has 136 valence electrons. The third-order valence-corrected chi connectivity index (χ3v) is 11.8. The lowest BCUT2D eigenvalue weighted by Gasteiger charge is -2.41. The SMILES string of the molecule is CC(C)[Si](O/C=C1\CC#CC(=O)CC1CCCBr)(C(C)C)C(C)C. The van der Waals surface area contributed by atoms with Crippen LogP contribution in [0, 0.1) is 17.8 Å². The maximum Gasteiger partial charge on any atom is 0.257 e. The summed E-state index contributed by atoms with van der Waals surface area (Å²) in [4.78, 5) is 11.9. The molecule has 0 aliphatic heterocycles. The van der Waals surface area contributed by atoms with E-state index in [0.717, 1.165) is 18.2 Å². The zero-order valence-electron chi connectivity index (χ0n) is 16.1. The van der Waals surface area contributed by atoms with E-state index in [2.05, 4.69) is 69.3 Å². The van der Waals surface area contributed by atoms with E-state index in [-0.39, 0.29) is 11.7 Å². The second kappa shape index (κ2) is 9.82. The van der Waals surface area contributed by atoms with Crippen LogP contribution in [0.25, 0.3) is 0 Å². The average molecular weight is 413 g/mol. The Hall–Kier alpha value is -0.533. The van der Waals surface area contributed by atoms with Crippen molar-refractivity contribution in [2.45, 2.75) is 83.8 Å². The van der Waals surface area contributed by atoms with Crippen LogP contribution in [0.3, 0.4) is 0 Å². The lowest BCUT2D eigenvalue weighted by molar-refractivity contribution is -0.114. The standard InChI is InChI=1S/C20H33BrO2Si/c1-15(2)24(16(3)4,17(5)6)23-14-19-9-7-11-20(22)13-18(19)10-8-12-21/h14-18H,8-10,12-13H2,1-6H3/b19-14+. The molecule has 1 unspecified atom stereocenters. The van der Waals surface area contributed by atoms with Crippen molar-refractivity contribution >= 4 is 30.0 Å². The van der Waals surface area contributed by atoms with Crippen molar-refractivity contribution in [1.29, 1.82) is 0 Å². The summed E-state index contributed by atoms with van der Waals surface area (Å²) < 4.78 is 6.64. The van der Waals surface area contributed by atoms with Crippen molar-refractivity contribution in [1.82, 2.24) is 0 Å². The van der Waals surface area contributed by atoms with E-state index < -0.39 is 8.32 Å². The van der Waals surface area contributed by atoms with Crippen molar-refractivity contribution in [2.75, 3.05) is 5.33 Å². The molecule has 0 amide bonds. The molecular formula is C20H33BrO2Si. The molecule has 0 saturated carbocycles. The zero-order chi connectivity index (χ0) is 18.3. The highest BCUT2D eigenvalue weighted by Crippen LogP contribution is 2.43. The fraction of sp³-hybridized carbons (Fsp3) is 0.750. The number of carbonyl (C=O) groups is 1. The minimum Gasteiger partial charge on any atom is -0.548 e. The van der Waals surface area contributed by atoms with Gasteiger partial charge in [-0.15, -0.1) is 0 Å². The Bertz CT molecular complexity index is 490. The van der Waals surface area contributed by atoms with E-state index in [1.54, 1.807) is 0 Å². The molecule has 0 fully saturated rings. The molecule has 0 saturated heterocycles. The second-order valence-electron chi connectivity index (χ2n) is 7.76. The van der Waals surface area contributed by atoms with Gasteiger partial charge in [-0.3, -0.25) is 4.79 Å². The molecule has 1 rings (SSSR count). The topological polar surface area (TPSA) is 26.3 Å². The molecule has 1 atom stereocenters. The van der Waals surface area contributed by atoms with Gasteiger partial charge in [0.15, 0.2) is 0 Å². The van der Waals surface area contributed by atoms with E-state index in [1.165, 1.54) is 5.57 Å². The van der Waals surface area contributed by atoms with E-state index in [4.69, 9.17) is 4.43 Å². The highest BCUT2D eigenvalue weighted by Gasteiger charge is 2.46. The molecule has 2 nitrogen and oxygen atoms in total. The van der Waals surface area contributed by atoms with Crippen LogP contribution in [0.2, 0.25) is 16.6 Å². The molecule has 0 bridgehead atoms. The van der Waals surface area contributed by atoms with Gasteiger partial charge >= 0.3 is 0 Å². The van der Waals surface area contributed by atoms with E-state index in [0.29, 0.717) is 29.5 Å². The van der Waals surface area contributed by atoms with Crippen LogP contribution >= 0.6 is 15.9 Å². The summed E-state index contributed by atoms with van der Waals surface area (Å²) in [6.45, 7) is 13.8. The molecule has 0 radical (unpaired) electrons. The lowest BCUT2D eigenvalue weighted by atomic mass is 9.90. The number of hydrogen-bond acceptors (Lipinski definition) is 2. The third-order valence-electron chi connectivity index (χ3n) is 5.28. The summed E-state index contributed by atoms with van der Waals surface area (Å²) >= 11 is 3.50. The summed E-state index contributed by atoms with van der Waals surface area (Å²) in [5.74, 6) is 6.12. The summed E-state index contributed by atoms with van der Waals surface area (Å²) in [5, 5.41) is 0.968. The molecule has 1 aliphatic rings. The van der Waals surface area contributed by atoms with Gasteiger partial charge in [-0.25, -0.2) is 0 Å². The van der Waals surface area contributed by atoms with Crippen LogP contribution in [-0.2, 0) is 9.22 Å². The maximum atomic E-state index is 11.9. The van der Waals surface area contributed by atoms with Crippen molar-refractivity contribution in [3.63, 3.8) is 0 Å². The van der Waals surface area contributed by atoms with Gasteiger partial charge in [0, 0.05) is 18.2 Å². The smallest absolute Gasteiger partial charge is 0.257 e. The molecule has 1 aliphatic carbocycles.